The zero-order valence-corrected chi connectivity index (χ0v) is 20.7. The van der Waals surface area contributed by atoms with Crippen molar-refractivity contribution in [2.75, 3.05) is 69.7 Å². The number of anilines is 2. The van der Waals surface area contributed by atoms with Gasteiger partial charge in [0.15, 0.2) is 11.6 Å². The third-order valence-corrected chi connectivity index (χ3v) is 7.82. The van der Waals surface area contributed by atoms with E-state index >= 15 is 0 Å². The largest absolute Gasteiger partial charge is 0.378 e. The van der Waals surface area contributed by atoms with Crippen molar-refractivity contribution in [1.29, 1.82) is 0 Å². The minimum atomic E-state index is -0.413. The second kappa shape index (κ2) is 10.5. The molecule has 11 nitrogen and oxygen atoms in total. The first-order valence-electron chi connectivity index (χ1n) is 11.9. The van der Waals surface area contributed by atoms with E-state index in [9.17, 15) is 4.79 Å². The lowest BCUT2D eigenvalue weighted by Crippen LogP contribution is -2.49. The summed E-state index contributed by atoms with van der Waals surface area (Å²) in [6, 6.07) is -0.413. The molecule has 3 aromatic heterocycles. The van der Waals surface area contributed by atoms with Crippen LogP contribution in [0.4, 0.5) is 11.8 Å². The molecule has 2 saturated heterocycles. The van der Waals surface area contributed by atoms with Crippen molar-refractivity contribution >= 4 is 39.6 Å². The van der Waals surface area contributed by atoms with Gasteiger partial charge in [-0.15, -0.1) is 11.3 Å². The number of piperazine rings is 1. The number of aryl methyl sites for hydroxylation is 1. The Hall–Kier alpha value is -2.77. The van der Waals surface area contributed by atoms with Gasteiger partial charge in [-0.1, -0.05) is 0 Å². The van der Waals surface area contributed by atoms with Crippen LogP contribution in [0.15, 0.2) is 12.4 Å². The number of ether oxygens (including phenoxy) is 1. The topological polar surface area (TPSA) is 140 Å². The monoisotopic (exact) mass is 497 g/mol. The van der Waals surface area contributed by atoms with Crippen molar-refractivity contribution in [1.82, 2.24) is 29.7 Å². The van der Waals surface area contributed by atoms with Crippen LogP contribution in [0.3, 0.4) is 0 Å². The molecule has 0 radical (unpaired) electrons. The third kappa shape index (κ3) is 5.26. The number of nitrogens with zero attached hydrogens (tertiary/aromatic N) is 7. The summed E-state index contributed by atoms with van der Waals surface area (Å²) in [5.74, 6) is 1.77. The Morgan fingerprint density at radius 3 is 2.46 bits per heavy atom. The zero-order chi connectivity index (χ0) is 24.4. The van der Waals surface area contributed by atoms with Gasteiger partial charge in [-0.05, 0) is 12.5 Å². The number of rotatable bonds is 7. The Kier molecular flexibility index (Phi) is 7.16. The zero-order valence-electron chi connectivity index (χ0n) is 19.9. The van der Waals surface area contributed by atoms with Crippen LogP contribution in [0, 0.1) is 6.92 Å². The lowest BCUT2D eigenvalue weighted by Gasteiger charge is -2.35. The second-order valence-corrected chi connectivity index (χ2v) is 10.1. The Labute approximate surface area is 208 Å². The maximum Gasteiger partial charge on any atom is 0.219 e. The van der Waals surface area contributed by atoms with Crippen LogP contribution in [0.25, 0.3) is 21.6 Å². The van der Waals surface area contributed by atoms with E-state index in [1.807, 2.05) is 0 Å². The fraction of sp³-hybridized carbons (Fsp3) is 0.522. The number of nitrogens with two attached hydrogens (primary N) is 2. The number of aromatic nitrogens is 4. The first kappa shape index (κ1) is 23.9. The molecule has 2 aliphatic heterocycles. The average Bonchev–Trinajstić information content (AvgIpc) is 3.20. The quantitative estimate of drug-likeness (QED) is 0.442. The van der Waals surface area contributed by atoms with Crippen LogP contribution in [0.1, 0.15) is 10.4 Å². The molecule has 4 N–H and O–H groups in total. The number of carbonyl (C=O) groups excluding carboxylic acids is 1. The molecule has 0 spiro atoms. The van der Waals surface area contributed by atoms with Gasteiger partial charge >= 0.3 is 0 Å². The first-order chi connectivity index (χ1) is 17.0. The van der Waals surface area contributed by atoms with Crippen LogP contribution < -0.4 is 16.4 Å². The molecule has 1 atom stereocenters. The SMILES string of the molecule is Cc1c(CN2CCN(C[C@@H](N)C=O)CC2)sc2c(N3CCOCC3)nc(-c3cnc(N)nc3)nc12. The number of thiophene rings is 1. The van der Waals surface area contributed by atoms with E-state index in [1.54, 1.807) is 23.7 Å². The maximum absolute atomic E-state index is 10.9. The molecular weight excluding hydrogens is 466 g/mol. The molecule has 0 aromatic carbocycles. The minimum absolute atomic E-state index is 0.227. The number of aldehydes is 1. The summed E-state index contributed by atoms with van der Waals surface area (Å²) in [7, 11) is 0. The Morgan fingerprint density at radius 1 is 1.09 bits per heavy atom. The van der Waals surface area contributed by atoms with Crippen molar-refractivity contribution in [3.63, 3.8) is 0 Å². The van der Waals surface area contributed by atoms with E-state index < -0.39 is 6.04 Å². The highest BCUT2D eigenvalue weighted by atomic mass is 32.1. The van der Waals surface area contributed by atoms with Crippen molar-refractivity contribution < 1.29 is 9.53 Å². The number of nitrogen functional groups attached to an aromatic ring is 1. The highest BCUT2D eigenvalue weighted by Gasteiger charge is 2.24. The number of morpholine rings is 1. The summed E-state index contributed by atoms with van der Waals surface area (Å²) in [4.78, 5) is 37.3. The van der Waals surface area contributed by atoms with E-state index in [1.165, 1.54) is 10.4 Å². The van der Waals surface area contributed by atoms with Crippen LogP contribution in [0.2, 0.25) is 0 Å². The third-order valence-electron chi connectivity index (χ3n) is 6.56. The molecule has 0 amide bonds. The molecule has 2 aliphatic rings. The van der Waals surface area contributed by atoms with Gasteiger partial charge in [0, 0.05) is 69.6 Å². The second-order valence-electron chi connectivity index (χ2n) is 9.00. The summed E-state index contributed by atoms with van der Waals surface area (Å²) in [5, 5.41) is 0. The normalized spacial score (nSPS) is 18.7. The predicted octanol–water partition coefficient (Wildman–Crippen LogP) is 0.519. The van der Waals surface area contributed by atoms with Gasteiger partial charge in [0.05, 0.1) is 35.0 Å². The van der Waals surface area contributed by atoms with E-state index in [4.69, 9.17) is 26.2 Å². The minimum Gasteiger partial charge on any atom is -0.378 e. The van der Waals surface area contributed by atoms with Crippen molar-refractivity contribution in [3.8, 4) is 11.4 Å². The van der Waals surface area contributed by atoms with Gasteiger partial charge in [0.25, 0.3) is 0 Å². The molecule has 186 valence electrons. The molecule has 0 aliphatic carbocycles. The molecule has 35 heavy (non-hydrogen) atoms. The predicted molar refractivity (Wildman–Crippen MR) is 136 cm³/mol. The molecule has 2 fully saturated rings. The van der Waals surface area contributed by atoms with Crippen molar-refractivity contribution in [2.45, 2.75) is 19.5 Å². The average molecular weight is 498 g/mol. The molecule has 5 rings (SSSR count). The molecular formula is C23H31N9O2S. The van der Waals surface area contributed by atoms with Gasteiger partial charge in [0.1, 0.15) is 6.29 Å². The molecule has 5 heterocycles. The van der Waals surface area contributed by atoms with Crippen LogP contribution >= 0.6 is 11.3 Å². The maximum atomic E-state index is 10.9. The van der Waals surface area contributed by atoms with Gasteiger partial charge in [-0.25, -0.2) is 19.9 Å². The first-order valence-corrected chi connectivity index (χ1v) is 12.7. The summed E-state index contributed by atoms with van der Waals surface area (Å²) < 4.78 is 6.68. The lowest BCUT2D eigenvalue weighted by atomic mass is 10.2. The van der Waals surface area contributed by atoms with E-state index in [0.717, 1.165) is 73.7 Å². The number of carbonyl (C=O) groups is 1. The summed E-state index contributed by atoms with van der Waals surface area (Å²) in [6.45, 7) is 10.3. The molecule has 0 bridgehead atoms. The Balaban J connectivity index is 1.43. The summed E-state index contributed by atoms with van der Waals surface area (Å²) in [5.41, 5.74) is 14.4. The van der Waals surface area contributed by atoms with Gasteiger partial charge in [-0.2, -0.15) is 0 Å². The van der Waals surface area contributed by atoms with Gasteiger partial charge in [-0.3, -0.25) is 9.80 Å². The van der Waals surface area contributed by atoms with E-state index in [2.05, 4.69) is 31.6 Å². The van der Waals surface area contributed by atoms with Crippen LogP contribution in [-0.2, 0) is 16.1 Å². The summed E-state index contributed by atoms with van der Waals surface area (Å²) in [6.07, 6.45) is 4.17. The van der Waals surface area contributed by atoms with E-state index in [0.29, 0.717) is 25.6 Å². The summed E-state index contributed by atoms with van der Waals surface area (Å²) >= 11 is 1.78. The number of hydrogen-bond donors (Lipinski definition) is 2. The smallest absolute Gasteiger partial charge is 0.219 e. The van der Waals surface area contributed by atoms with Crippen LogP contribution in [0.5, 0.6) is 0 Å². The van der Waals surface area contributed by atoms with Crippen molar-refractivity contribution in [3.05, 3.63) is 22.8 Å². The Bertz CT molecular complexity index is 1170. The fourth-order valence-corrected chi connectivity index (χ4v) is 5.82. The highest BCUT2D eigenvalue weighted by Crippen LogP contribution is 2.38. The highest BCUT2D eigenvalue weighted by molar-refractivity contribution is 7.19. The van der Waals surface area contributed by atoms with Gasteiger partial charge in [0.2, 0.25) is 5.95 Å². The van der Waals surface area contributed by atoms with E-state index in [-0.39, 0.29) is 5.95 Å². The van der Waals surface area contributed by atoms with Gasteiger partial charge < -0.3 is 25.9 Å². The number of fused-ring (bicyclic) bond motifs is 1. The standard InChI is InChI=1S/C23H31N9O2S/c1-15-18(13-31-4-2-30(3-5-31)12-17(24)14-33)35-20-19(15)28-21(16-10-26-23(25)27-11-16)29-22(20)32-6-8-34-9-7-32/h10-11,14,17H,2-9,12-13,24H2,1H3,(H2,25,26,27)/t17-/m1/s1. The molecule has 0 saturated carbocycles. The van der Waals surface area contributed by atoms with Crippen molar-refractivity contribution in [2.24, 2.45) is 5.73 Å². The fourth-order valence-electron chi connectivity index (χ4n) is 4.52. The lowest BCUT2D eigenvalue weighted by molar-refractivity contribution is -0.109. The van der Waals surface area contributed by atoms with Crippen LogP contribution in [-0.4, -0.2) is 101 Å². The number of hydrogen-bond acceptors (Lipinski definition) is 12. The molecule has 0 unspecified atom stereocenters. The molecule has 12 heteroatoms. The Morgan fingerprint density at radius 2 is 1.77 bits per heavy atom. The molecule has 3 aromatic rings.